The molecule has 3 rings (SSSR count). The van der Waals surface area contributed by atoms with Crippen LogP contribution in [0.25, 0.3) is 22.6 Å². The van der Waals surface area contributed by atoms with Crippen LogP contribution in [0, 0.1) is 0 Å². The zero-order chi connectivity index (χ0) is 18.2. The molecule has 25 heavy (non-hydrogen) atoms. The van der Waals surface area contributed by atoms with E-state index in [0.717, 1.165) is 10.0 Å². The third-order valence-corrected chi connectivity index (χ3v) is 4.44. The largest absolute Gasteiger partial charge is 0.496 e. The number of ether oxygens (including phenoxy) is 1. The van der Waals surface area contributed by atoms with Crippen molar-refractivity contribution in [3.8, 4) is 17.2 Å². The van der Waals surface area contributed by atoms with Crippen molar-refractivity contribution in [1.29, 1.82) is 0 Å². The smallest absolute Gasteiger partial charge is 0.276 e. The monoisotopic (exact) mass is 462 g/mol. The molecule has 9 heteroatoms. The minimum atomic E-state index is -2.04. The Bertz CT molecular complexity index is 953. The van der Waals surface area contributed by atoms with Crippen LogP contribution >= 0.6 is 50.7 Å². The Hall–Kier alpha value is -1.47. The molecule has 1 N–H and O–H groups in total. The summed E-state index contributed by atoms with van der Waals surface area (Å²) in [6.45, 7) is 0. The Morgan fingerprint density at radius 3 is 2.64 bits per heavy atom. The normalized spacial score (nSPS) is 11.6. The molecule has 0 atom stereocenters. The van der Waals surface area contributed by atoms with Crippen LogP contribution in [-0.4, -0.2) is 21.8 Å². The first-order valence-corrected chi connectivity index (χ1v) is 8.83. The highest BCUT2D eigenvalue weighted by atomic mass is 79.9. The van der Waals surface area contributed by atoms with E-state index in [4.69, 9.17) is 44.0 Å². The van der Waals surface area contributed by atoms with Crippen LogP contribution in [0.5, 0.6) is 5.75 Å². The SMILES string of the molecule is COc1ccc(-c2nc3cc(NC(=O)C(Cl)(Cl)Cl)ccc3o2)cc1Br. The summed E-state index contributed by atoms with van der Waals surface area (Å²) < 4.78 is 9.69. The predicted molar refractivity (Wildman–Crippen MR) is 103 cm³/mol. The van der Waals surface area contributed by atoms with Crippen LogP contribution in [0.2, 0.25) is 0 Å². The summed E-state index contributed by atoms with van der Waals surface area (Å²) >= 11 is 20.1. The first-order chi connectivity index (χ1) is 11.8. The highest BCUT2D eigenvalue weighted by molar-refractivity contribution is 9.10. The number of aromatic nitrogens is 1. The Morgan fingerprint density at radius 2 is 2.00 bits per heavy atom. The number of fused-ring (bicyclic) bond motifs is 1. The number of rotatable bonds is 3. The Balaban J connectivity index is 1.93. The summed E-state index contributed by atoms with van der Waals surface area (Å²) in [5.41, 5.74) is 2.34. The molecule has 0 aliphatic heterocycles. The number of amides is 1. The third-order valence-electron chi connectivity index (χ3n) is 3.30. The van der Waals surface area contributed by atoms with Gasteiger partial charge in [-0.3, -0.25) is 4.79 Å². The number of anilines is 1. The Labute approximate surface area is 166 Å². The first-order valence-electron chi connectivity index (χ1n) is 6.90. The number of nitrogens with one attached hydrogen (secondary N) is 1. The van der Waals surface area contributed by atoms with Gasteiger partial charge in [-0.05, 0) is 52.3 Å². The molecule has 3 aromatic rings. The van der Waals surface area contributed by atoms with Gasteiger partial charge in [-0.2, -0.15) is 0 Å². The number of benzene rings is 2. The van der Waals surface area contributed by atoms with Gasteiger partial charge in [0.05, 0.1) is 11.6 Å². The van der Waals surface area contributed by atoms with Crippen molar-refractivity contribution in [3.63, 3.8) is 0 Å². The van der Waals surface area contributed by atoms with Gasteiger partial charge < -0.3 is 14.5 Å². The second kappa shape index (κ2) is 7.03. The van der Waals surface area contributed by atoms with Crippen molar-refractivity contribution >= 4 is 73.4 Å². The highest BCUT2D eigenvalue weighted by Crippen LogP contribution is 2.33. The van der Waals surface area contributed by atoms with E-state index in [1.54, 1.807) is 31.4 Å². The minimum Gasteiger partial charge on any atom is -0.496 e. The number of carbonyl (C=O) groups is 1. The molecule has 130 valence electrons. The molecule has 1 heterocycles. The van der Waals surface area contributed by atoms with Crippen LogP contribution in [0.3, 0.4) is 0 Å². The van der Waals surface area contributed by atoms with Crippen molar-refractivity contribution in [2.75, 3.05) is 12.4 Å². The number of oxazole rings is 1. The van der Waals surface area contributed by atoms with Crippen LogP contribution < -0.4 is 10.1 Å². The quantitative estimate of drug-likeness (QED) is 0.515. The second-order valence-corrected chi connectivity index (χ2v) is 8.14. The van der Waals surface area contributed by atoms with Crippen LogP contribution in [-0.2, 0) is 4.79 Å². The van der Waals surface area contributed by atoms with Gasteiger partial charge in [0, 0.05) is 11.3 Å². The Kier molecular flexibility index (Phi) is 5.16. The van der Waals surface area contributed by atoms with E-state index in [-0.39, 0.29) is 0 Å². The van der Waals surface area contributed by atoms with Crippen molar-refractivity contribution < 1.29 is 13.9 Å². The highest BCUT2D eigenvalue weighted by Gasteiger charge is 2.30. The van der Waals surface area contributed by atoms with E-state index in [0.29, 0.717) is 28.4 Å². The van der Waals surface area contributed by atoms with E-state index < -0.39 is 9.70 Å². The fourth-order valence-corrected chi connectivity index (χ4v) is 2.81. The standard InChI is InChI=1S/C16H10BrCl3N2O3/c1-24-12-4-2-8(6-10(12)17)14-22-11-7-9(3-5-13(11)25-14)21-15(23)16(18,19)20/h2-7H,1H3,(H,21,23). The van der Waals surface area contributed by atoms with E-state index >= 15 is 0 Å². The average Bonchev–Trinajstić information content (AvgIpc) is 2.97. The van der Waals surface area contributed by atoms with E-state index in [1.165, 1.54) is 0 Å². The number of alkyl halides is 3. The summed E-state index contributed by atoms with van der Waals surface area (Å²) in [4.78, 5) is 16.2. The molecule has 0 aliphatic rings. The zero-order valence-corrected chi connectivity index (χ0v) is 16.5. The van der Waals surface area contributed by atoms with Gasteiger partial charge >= 0.3 is 0 Å². The molecule has 2 aromatic carbocycles. The molecule has 0 saturated heterocycles. The van der Waals surface area contributed by atoms with Gasteiger partial charge in [0.2, 0.25) is 5.89 Å². The fraction of sp³-hybridized carbons (Fsp3) is 0.125. The predicted octanol–water partition coefficient (Wildman–Crippen LogP) is 5.57. The maximum atomic E-state index is 11.7. The van der Waals surface area contributed by atoms with E-state index in [2.05, 4.69) is 26.2 Å². The topological polar surface area (TPSA) is 64.4 Å². The summed E-state index contributed by atoms with van der Waals surface area (Å²) in [6, 6.07) is 10.4. The number of methoxy groups -OCH3 is 1. The van der Waals surface area contributed by atoms with Gasteiger partial charge in [-0.25, -0.2) is 4.98 Å². The molecule has 0 radical (unpaired) electrons. The molecular weight excluding hydrogens is 454 g/mol. The first kappa shape index (κ1) is 18.3. The van der Waals surface area contributed by atoms with Crippen molar-refractivity contribution in [1.82, 2.24) is 4.98 Å². The van der Waals surface area contributed by atoms with Gasteiger partial charge in [-0.15, -0.1) is 0 Å². The number of hydrogen-bond donors (Lipinski definition) is 1. The minimum absolute atomic E-state index is 0.434. The summed E-state index contributed by atoms with van der Waals surface area (Å²) in [6.07, 6.45) is 0. The van der Waals surface area contributed by atoms with Crippen LogP contribution in [0.1, 0.15) is 0 Å². The molecule has 1 aromatic heterocycles. The zero-order valence-electron chi connectivity index (χ0n) is 12.6. The molecule has 0 aliphatic carbocycles. The number of nitrogens with zero attached hydrogens (tertiary/aromatic N) is 1. The van der Waals surface area contributed by atoms with Gasteiger partial charge in [-0.1, -0.05) is 34.8 Å². The van der Waals surface area contributed by atoms with E-state index in [9.17, 15) is 4.79 Å². The lowest BCUT2D eigenvalue weighted by Gasteiger charge is -2.10. The van der Waals surface area contributed by atoms with Crippen LogP contribution in [0.4, 0.5) is 5.69 Å². The number of hydrogen-bond acceptors (Lipinski definition) is 4. The summed E-state index contributed by atoms with van der Waals surface area (Å²) in [7, 11) is 1.59. The molecule has 0 spiro atoms. The lowest BCUT2D eigenvalue weighted by atomic mass is 10.2. The molecule has 0 bridgehead atoms. The maximum absolute atomic E-state index is 11.7. The summed E-state index contributed by atoms with van der Waals surface area (Å²) in [5.74, 6) is 0.388. The van der Waals surface area contributed by atoms with Gasteiger partial charge in [0.25, 0.3) is 9.70 Å². The van der Waals surface area contributed by atoms with Gasteiger partial charge in [0.1, 0.15) is 11.3 Å². The molecule has 1 amide bonds. The molecule has 0 unspecified atom stereocenters. The number of halogens is 4. The molecule has 5 nitrogen and oxygen atoms in total. The van der Waals surface area contributed by atoms with Crippen molar-refractivity contribution in [3.05, 3.63) is 40.9 Å². The van der Waals surface area contributed by atoms with Crippen molar-refractivity contribution in [2.24, 2.45) is 0 Å². The third kappa shape index (κ3) is 4.03. The lowest BCUT2D eigenvalue weighted by molar-refractivity contribution is -0.115. The van der Waals surface area contributed by atoms with Gasteiger partial charge in [0.15, 0.2) is 5.58 Å². The van der Waals surface area contributed by atoms with Crippen molar-refractivity contribution in [2.45, 2.75) is 3.79 Å². The lowest BCUT2D eigenvalue weighted by Crippen LogP contribution is -2.26. The van der Waals surface area contributed by atoms with E-state index in [1.807, 2.05) is 12.1 Å². The second-order valence-electron chi connectivity index (χ2n) is 5.00. The number of carbonyl (C=O) groups excluding carboxylic acids is 1. The summed E-state index contributed by atoms with van der Waals surface area (Å²) in [5, 5.41) is 2.51. The molecule has 0 saturated carbocycles. The maximum Gasteiger partial charge on any atom is 0.276 e. The Morgan fingerprint density at radius 1 is 1.24 bits per heavy atom. The molecular formula is C16H10BrCl3N2O3. The van der Waals surface area contributed by atoms with Crippen LogP contribution in [0.15, 0.2) is 45.3 Å². The molecule has 0 fully saturated rings. The fourth-order valence-electron chi connectivity index (χ4n) is 2.13. The average molecular weight is 465 g/mol.